The Morgan fingerprint density at radius 2 is 1.92 bits per heavy atom. The van der Waals surface area contributed by atoms with Gasteiger partial charge in [-0.25, -0.2) is 0 Å². The van der Waals surface area contributed by atoms with Gasteiger partial charge in [0.2, 0.25) is 0 Å². The van der Waals surface area contributed by atoms with E-state index in [0.29, 0.717) is 11.5 Å². The maximum Gasteiger partial charge on any atom is 0.0825 e. The van der Waals surface area contributed by atoms with Crippen molar-refractivity contribution in [1.82, 2.24) is 0 Å². The zero-order valence-electron chi connectivity index (χ0n) is 17.0. The average molecular weight is 333 g/mol. The zero-order chi connectivity index (χ0) is 18.0. The van der Waals surface area contributed by atoms with E-state index in [2.05, 4.69) is 52.0 Å². The SMILES string of the molecule is CC.CCCC(CCCc1cccc(C2CCCO2)c1)C(C)(C)C. The standard InChI is InChI=1S/C21H34O.C2H6/c1-5-9-19(21(2,3)4)13-7-11-17-10-6-12-18(16-17)20-14-8-15-22-20;1-2/h6,10,12,16,19-20H,5,7-9,11,13-15H2,1-4H3;1-2H3. The van der Waals surface area contributed by atoms with Gasteiger partial charge >= 0.3 is 0 Å². The van der Waals surface area contributed by atoms with Crippen LogP contribution in [0.25, 0.3) is 0 Å². The highest BCUT2D eigenvalue weighted by molar-refractivity contribution is 5.25. The molecule has 1 aliphatic rings. The second kappa shape index (κ2) is 10.9. The summed E-state index contributed by atoms with van der Waals surface area (Å²) in [6.07, 6.45) is 9.26. The summed E-state index contributed by atoms with van der Waals surface area (Å²) in [5.41, 5.74) is 3.31. The number of hydrogen-bond donors (Lipinski definition) is 0. The van der Waals surface area contributed by atoms with E-state index in [1.165, 1.54) is 56.1 Å². The molecule has 1 aromatic carbocycles. The molecule has 1 nitrogen and oxygen atoms in total. The van der Waals surface area contributed by atoms with Gasteiger partial charge in [-0.15, -0.1) is 0 Å². The van der Waals surface area contributed by atoms with Gasteiger partial charge in [0, 0.05) is 6.61 Å². The third-order valence-electron chi connectivity index (χ3n) is 5.13. The lowest BCUT2D eigenvalue weighted by Gasteiger charge is -2.30. The van der Waals surface area contributed by atoms with E-state index in [1.807, 2.05) is 13.8 Å². The number of rotatable bonds is 7. The molecule has 1 heterocycles. The van der Waals surface area contributed by atoms with E-state index < -0.39 is 0 Å². The van der Waals surface area contributed by atoms with E-state index in [4.69, 9.17) is 4.74 Å². The molecule has 1 aromatic rings. The molecule has 0 amide bonds. The van der Waals surface area contributed by atoms with Crippen LogP contribution in [0.2, 0.25) is 0 Å². The Hall–Kier alpha value is -0.820. The molecule has 1 heteroatoms. The van der Waals surface area contributed by atoms with E-state index in [1.54, 1.807) is 0 Å². The van der Waals surface area contributed by atoms with Crippen LogP contribution in [0.15, 0.2) is 24.3 Å². The van der Waals surface area contributed by atoms with Gasteiger partial charge in [-0.2, -0.15) is 0 Å². The molecule has 1 aliphatic heterocycles. The van der Waals surface area contributed by atoms with Gasteiger partial charge in [0.1, 0.15) is 0 Å². The maximum absolute atomic E-state index is 5.81. The topological polar surface area (TPSA) is 9.23 Å². The van der Waals surface area contributed by atoms with E-state index >= 15 is 0 Å². The molecule has 0 radical (unpaired) electrons. The normalized spacial score (nSPS) is 18.8. The van der Waals surface area contributed by atoms with Crippen molar-refractivity contribution in [1.29, 1.82) is 0 Å². The molecular formula is C23H40O. The Balaban J connectivity index is 0.00000139. The second-order valence-corrected chi connectivity index (χ2v) is 7.99. The highest BCUT2D eigenvalue weighted by atomic mass is 16.5. The van der Waals surface area contributed by atoms with Crippen LogP contribution < -0.4 is 0 Å². The molecule has 0 saturated carbocycles. The predicted octanol–water partition coefficient (Wildman–Crippen LogP) is 7.35. The van der Waals surface area contributed by atoms with Crippen molar-refractivity contribution < 1.29 is 4.74 Å². The highest BCUT2D eigenvalue weighted by Gasteiger charge is 2.23. The summed E-state index contributed by atoms with van der Waals surface area (Å²) in [5, 5.41) is 0. The van der Waals surface area contributed by atoms with Crippen LogP contribution in [0, 0.1) is 11.3 Å². The van der Waals surface area contributed by atoms with Crippen molar-refractivity contribution in [2.75, 3.05) is 6.61 Å². The molecular weight excluding hydrogens is 292 g/mol. The smallest absolute Gasteiger partial charge is 0.0825 e. The molecule has 1 saturated heterocycles. The van der Waals surface area contributed by atoms with Crippen molar-refractivity contribution >= 4 is 0 Å². The van der Waals surface area contributed by atoms with Gasteiger partial charge in [0.15, 0.2) is 0 Å². The molecule has 24 heavy (non-hydrogen) atoms. The fourth-order valence-electron chi connectivity index (χ4n) is 3.70. The molecule has 2 atom stereocenters. The first-order valence-electron chi connectivity index (χ1n) is 10.2. The van der Waals surface area contributed by atoms with E-state index in [0.717, 1.165) is 12.5 Å². The summed E-state index contributed by atoms with van der Waals surface area (Å²) >= 11 is 0. The summed E-state index contributed by atoms with van der Waals surface area (Å²) in [6, 6.07) is 9.10. The minimum absolute atomic E-state index is 0.349. The Morgan fingerprint density at radius 3 is 2.50 bits per heavy atom. The fraction of sp³-hybridized carbons (Fsp3) is 0.739. The first-order valence-corrected chi connectivity index (χ1v) is 10.2. The Kier molecular flexibility index (Phi) is 9.66. The first-order chi connectivity index (χ1) is 11.5. The Morgan fingerprint density at radius 1 is 1.17 bits per heavy atom. The molecule has 138 valence electrons. The molecule has 1 fully saturated rings. The van der Waals surface area contributed by atoms with Crippen LogP contribution in [-0.4, -0.2) is 6.61 Å². The zero-order valence-corrected chi connectivity index (χ0v) is 17.0. The third kappa shape index (κ3) is 6.97. The first kappa shape index (κ1) is 21.2. The lowest BCUT2D eigenvalue weighted by molar-refractivity contribution is 0.112. The molecule has 0 aromatic heterocycles. The van der Waals surface area contributed by atoms with Crippen LogP contribution >= 0.6 is 0 Å². The number of ether oxygens (including phenoxy) is 1. The van der Waals surface area contributed by atoms with Crippen LogP contribution in [0.5, 0.6) is 0 Å². The number of hydrogen-bond acceptors (Lipinski definition) is 1. The van der Waals surface area contributed by atoms with Gasteiger partial charge in [-0.3, -0.25) is 0 Å². The van der Waals surface area contributed by atoms with Gasteiger partial charge < -0.3 is 4.74 Å². The largest absolute Gasteiger partial charge is 0.374 e. The van der Waals surface area contributed by atoms with Gasteiger partial charge in [-0.1, -0.05) is 78.6 Å². The summed E-state index contributed by atoms with van der Waals surface area (Å²) < 4.78 is 5.81. The van der Waals surface area contributed by atoms with Gasteiger partial charge in [0.05, 0.1) is 6.10 Å². The van der Waals surface area contributed by atoms with Crippen LogP contribution in [0.3, 0.4) is 0 Å². The second-order valence-electron chi connectivity index (χ2n) is 7.99. The molecule has 0 aliphatic carbocycles. The van der Waals surface area contributed by atoms with Crippen LogP contribution in [-0.2, 0) is 11.2 Å². The van der Waals surface area contributed by atoms with Crippen molar-refractivity contribution in [3.8, 4) is 0 Å². The maximum atomic E-state index is 5.81. The average Bonchev–Trinajstić information content (AvgIpc) is 3.10. The highest BCUT2D eigenvalue weighted by Crippen LogP contribution is 2.34. The van der Waals surface area contributed by atoms with Crippen molar-refractivity contribution in [3.63, 3.8) is 0 Å². The minimum Gasteiger partial charge on any atom is -0.374 e. The number of aryl methyl sites for hydroxylation is 1. The van der Waals surface area contributed by atoms with Crippen LogP contribution in [0.1, 0.15) is 97.3 Å². The number of benzene rings is 1. The summed E-state index contributed by atoms with van der Waals surface area (Å²) in [7, 11) is 0. The fourth-order valence-corrected chi connectivity index (χ4v) is 3.70. The molecule has 0 spiro atoms. The molecule has 2 unspecified atom stereocenters. The summed E-state index contributed by atoms with van der Waals surface area (Å²) in [5.74, 6) is 0.846. The summed E-state index contributed by atoms with van der Waals surface area (Å²) in [6.45, 7) is 14.4. The van der Waals surface area contributed by atoms with Crippen molar-refractivity contribution in [2.24, 2.45) is 11.3 Å². The lowest BCUT2D eigenvalue weighted by Crippen LogP contribution is -2.20. The molecule has 0 bridgehead atoms. The van der Waals surface area contributed by atoms with Gasteiger partial charge in [-0.05, 0) is 54.6 Å². The Labute approximate surface area is 151 Å². The Bertz CT molecular complexity index is 438. The molecule has 2 rings (SSSR count). The lowest BCUT2D eigenvalue weighted by atomic mass is 9.75. The van der Waals surface area contributed by atoms with Crippen molar-refractivity contribution in [3.05, 3.63) is 35.4 Å². The third-order valence-corrected chi connectivity index (χ3v) is 5.13. The van der Waals surface area contributed by atoms with E-state index in [-0.39, 0.29) is 0 Å². The monoisotopic (exact) mass is 332 g/mol. The van der Waals surface area contributed by atoms with Crippen LogP contribution in [0.4, 0.5) is 0 Å². The summed E-state index contributed by atoms with van der Waals surface area (Å²) in [4.78, 5) is 0. The van der Waals surface area contributed by atoms with Gasteiger partial charge in [0.25, 0.3) is 0 Å². The minimum atomic E-state index is 0.349. The molecule has 0 N–H and O–H groups in total. The van der Waals surface area contributed by atoms with Crippen molar-refractivity contribution in [2.45, 2.75) is 92.6 Å². The van der Waals surface area contributed by atoms with E-state index in [9.17, 15) is 0 Å². The quantitative estimate of drug-likeness (QED) is 0.507. The predicted molar refractivity (Wildman–Crippen MR) is 107 cm³/mol.